The van der Waals surface area contributed by atoms with Crippen LogP contribution in [0.25, 0.3) is 16.8 Å². The molecule has 2 aromatic heterocycles. The quantitative estimate of drug-likeness (QED) is 0.473. The van der Waals surface area contributed by atoms with Gasteiger partial charge in [-0.15, -0.1) is 5.10 Å². The topological polar surface area (TPSA) is 95.9 Å². The molecule has 26 heavy (non-hydrogen) atoms. The van der Waals surface area contributed by atoms with Crippen LogP contribution in [0.3, 0.4) is 0 Å². The van der Waals surface area contributed by atoms with Gasteiger partial charge < -0.3 is 9.15 Å². The summed E-state index contributed by atoms with van der Waals surface area (Å²) in [5.74, 6) is 0.455. The minimum Gasteiger partial charge on any atom is -0.454 e. The molecule has 0 spiro atoms. The Hall–Kier alpha value is -3.07. The number of benzene rings is 2. The number of esters is 1. The van der Waals surface area contributed by atoms with Crippen molar-refractivity contribution in [2.24, 2.45) is 0 Å². The third kappa shape index (κ3) is 3.08. The van der Waals surface area contributed by atoms with E-state index in [2.05, 4.69) is 36.4 Å². The van der Waals surface area contributed by atoms with Gasteiger partial charge in [-0.3, -0.25) is 0 Å². The van der Waals surface area contributed by atoms with Gasteiger partial charge >= 0.3 is 5.97 Å². The lowest BCUT2D eigenvalue weighted by Crippen LogP contribution is -2.10. The monoisotopic (exact) mass is 413 g/mol. The molecule has 0 aliphatic carbocycles. The number of carbonyl (C=O) groups excluding carboxylic acids is 1. The summed E-state index contributed by atoms with van der Waals surface area (Å²) in [7, 11) is 0. The number of para-hydroxylation sites is 1. The smallest absolute Gasteiger partial charge is 0.338 e. The van der Waals surface area contributed by atoms with Crippen molar-refractivity contribution in [3.05, 3.63) is 64.2 Å². The predicted molar refractivity (Wildman–Crippen MR) is 94.7 cm³/mol. The van der Waals surface area contributed by atoms with Crippen LogP contribution in [0.4, 0.5) is 0 Å². The first-order valence-electron chi connectivity index (χ1n) is 7.68. The lowest BCUT2D eigenvalue weighted by atomic mass is 10.2. The lowest BCUT2D eigenvalue weighted by Gasteiger charge is -2.07. The molecule has 2 heterocycles. The van der Waals surface area contributed by atoms with E-state index in [1.165, 1.54) is 4.68 Å². The van der Waals surface area contributed by atoms with Crippen LogP contribution in [0.15, 0.2) is 51.4 Å². The Balaban J connectivity index is 1.53. The molecule has 130 valence electrons. The van der Waals surface area contributed by atoms with Gasteiger partial charge in [0.15, 0.2) is 23.9 Å². The van der Waals surface area contributed by atoms with Crippen LogP contribution in [0, 0.1) is 6.92 Å². The average Bonchev–Trinajstić information content (AvgIpc) is 3.24. The summed E-state index contributed by atoms with van der Waals surface area (Å²) in [5, 5.41) is 11.5. The molecular formula is C17H12BrN5O3. The van der Waals surface area contributed by atoms with Crippen molar-refractivity contribution >= 4 is 33.0 Å². The molecule has 0 saturated heterocycles. The van der Waals surface area contributed by atoms with Crippen LogP contribution in [0.1, 0.15) is 22.1 Å². The highest BCUT2D eigenvalue weighted by Gasteiger charge is 2.15. The number of tetrazole rings is 1. The number of aromatic nitrogens is 5. The molecule has 8 nitrogen and oxygen atoms in total. The predicted octanol–water partition coefficient (Wildman–Crippen LogP) is 3.23. The number of hydrogen-bond donors (Lipinski definition) is 0. The van der Waals surface area contributed by atoms with Crippen LogP contribution in [0.2, 0.25) is 0 Å². The van der Waals surface area contributed by atoms with Crippen molar-refractivity contribution < 1.29 is 13.9 Å². The summed E-state index contributed by atoms with van der Waals surface area (Å²) < 4.78 is 13.1. The highest BCUT2D eigenvalue weighted by atomic mass is 79.9. The summed E-state index contributed by atoms with van der Waals surface area (Å²) in [6, 6.07) is 12.4. The minimum absolute atomic E-state index is 0.0664. The largest absolute Gasteiger partial charge is 0.454 e. The SMILES string of the molecule is Cc1nc2cc(C(=O)OCc3nnnn3-c3ccccc3Br)ccc2o1. The first-order chi connectivity index (χ1) is 12.6. The summed E-state index contributed by atoms with van der Waals surface area (Å²) in [6.45, 7) is 1.68. The van der Waals surface area contributed by atoms with Gasteiger partial charge in [0.1, 0.15) is 5.52 Å². The molecule has 9 heteroatoms. The molecule has 0 saturated carbocycles. The van der Waals surface area contributed by atoms with Crippen LogP contribution in [-0.4, -0.2) is 31.2 Å². The van der Waals surface area contributed by atoms with Crippen LogP contribution in [0.5, 0.6) is 0 Å². The van der Waals surface area contributed by atoms with E-state index >= 15 is 0 Å². The molecular weight excluding hydrogens is 402 g/mol. The zero-order valence-electron chi connectivity index (χ0n) is 13.6. The molecule has 0 amide bonds. The van der Waals surface area contributed by atoms with E-state index in [0.29, 0.717) is 28.4 Å². The first-order valence-corrected chi connectivity index (χ1v) is 8.47. The first kappa shape index (κ1) is 16.4. The van der Waals surface area contributed by atoms with Crippen molar-refractivity contribution in [1.29, 1.82) is 0 Å². The summed E-state index contributed by atoms with van der Waals surface area (Å²) in [6.07, 6.45) is 0. The van der Waals surface area contributed by atoms with Gasteiger partial charge in [0.25, 0.3) is 0 Å². The Bertz CT molecular complexity index is 1100. The number of nitrogens with zero attached hydrogens (tertiary/aromatic N) is 5. The molecule has 2 aromatic carbocycles. The molecule has 4 rings (SSSR count). The number of halogens is 1. The van der Waals surface area contributed by atoms with Crippen LogP contribution >= 0.6 is 15.9 Å². The standard InChI is InChI=1S/C17H12BrN5O3/c1-10-19-13-8-11(6-7-15(13)26-10)17(24)25-9-16-20-21-22-23(16)14-5-3-2-4-12(14)18/h2-8H,9H2,1H3. The molecule has 0 N–H and O–H groups in total. The van der Waals surface area contributed by atoms with E-state index in [1.54, 1.807) is 25.1 Å². The van der Waals surface area contributed by atoms with E-state index in [4.69, 9.17) is 9.15 Å². The van der Waals surface area contributed by atoms with Gasteiger partial charge in [0.05, 0.1) is 11.3 Å². The van der Waals surface area contributed by atoms with E-state index in [0.717, 1.165) is 10.2 Å². The molecule has 0 bridgehead atoms. The van der Waals surface area contributed by atoms with Crippen molar-refractivity contribution in [3.63, 3.8) is 0 Å². The zero-order chi connectivity index (χ0) is 18.1. The van der Waals surface area contributed by atoms with Gasteiger partial charge in [0.2, 0.25) is 0 Å². The maximum absolute atomic E-state index is 12.3. The van der Waals surface area contributed by atoms with Crippen molar-refractivity contribution in [3.8, 4) is 5.69 Å². The number of ether oxygens (including phenoxy) is 1. The number of rotatable bonds is 4. The number of carbonyl (C=O) groups is 1. The fourth-order valence-corrected chi connectivity index (χ4v) is 2.94. The average molecular weight is 414 g/mol. The Morgan fingerprint density at radius 3 is 2.96 bits per heavy atom. The maximum atomic E-state index is 12.3. The van der Waals surface area contributed by atoms with E-state index < -0.39 is 5.97 Å². The van der Waals surface area contributed by atoms with Gasteiger partial charge in [-0.05, 0) is 56.7 Å². The molecule has 0 aliphatic heterocycles. The Kier molecular flexibility index (Phi) is 4.21. The molecule has 0 atom stereocenters. The number of fused-ring (bicyclic) bond motifs is 1. The van der Waals surface area contributed by atoms with Crippen molar-refractivity contribution in [2.75, 3.05) is 0 Å². The summed E-state index contributed by atoms with van der Waals surface area (Å²) >= 11 is 3.45. The lowest BCUT2D eigenvalue weighted by molar-refractivity contribution is 0.0459. The third-order valence-corrected chi connectivity index (χ3v) is 4.35. The maximum Gasteiger partial charge on any atom is 0.338 e. The number of hydrogen-bond acceptors (Lipinski definition) is 7. The molecule has 0 aliphatic rings. The zero-order valence-corrected chi connectivity index (χ0v) is 15.2. The molecule has 4 aromatic rings. The highest BCUT2D eigenvalue weighted by Crippen LogP contribution is 2.21. The fourth-order valence-electron chi connectivity index (χ4n) is 2.49. The summed E-state index contributed by atoms with van der Waals surface area (Å²) in [5.41, 5.74) is 2.36. The van der Waals surface area contributed by atoms with Crippen LogP contribution in [-0.2, 0) is 11.3 Å². The van der Waals surface area contributed by atoms with Crippen molar-refractivity contribution in [1.82, 2.24) is 25.2 Å². The Morgan fingerprint density at radius 1 is 1.27 bits per heavy atom. The fraction of sp³-hybridized carbons (Fsp3) is 0.118. The van der Waals surface area contributed by atoms with Gasteiger partial charge in [-0.1, -0.05) is 12.1 Å². The van der Waals surface area contributed by atoms with Crippen molar-refractivity contribution in [2.45, 2.75) is 13.5 Å². The number of aryl methyl sites for hydroxylation is 1. The molecule has 0 fully saturated rings. The minimum atomic E-state index is -0.491. The third-order valence-electron chi connectivity index (χ3n) is 3.68. The molecule has 0 unspecified atom stereocenters. The highest BCUT2D eigenvalue weighted by molar-refractivity contribution is 9.10. The second-order valence-electron chi connectivity index (χ2n) is 5.45. The van der Waals surface area contributed by atoms with E-state index in [9.17, 15) is 4.79 Å². The number of oxazole rings is 1. The summed E-state index contributed by atoms with van der Waals surface area (Å²) in [4.78, 5) is 16.6. The second-order valence-corrected chi connectivity index (χ2v) is 6.30. The second kappa shape index (κ2) is 6.68. The van der Waals surface area contributed by atoms with E-state index in [-0.39, 0.29) is 6.61 Å². The van der Waals surface area contributed by atoms with Gasteiger partial charge in [0, 0.05) is 11.4 Å². The Morgan fingerprint density at radius 2 is 2.12 bits per heavy atom. The van der Waals surface area contributed by atoms with Crippen LogP contribution < -0.4 is 0 Å². The van der Waals surface area contributed by atoms with Gasteiger partial charge in [-0.25, -0.2) is 9.78 Å². The van der Waals surface area contributed by atoms with E-state index in [1.807, 2.05) is 24.3 Å². The normalized spacial score (nSPS) is 11.0. The molecule has 0 radical (unpaired) electrons. The van der Waals surface area contributed by atoms with Gasteiger partial charge in [-0.2, -0.15) is 4.68 Å². The Labute approximate surface area is 155 Å².